The van der Waals surface area contributed by atoms with Crippen molar-refractivity contribution in [1.29, 1.82) is 0 Å². The molecule has 2 aromatic rings. The predicted molar refractivity (Wildman–Crippen MR) is 61.1 cm³/mol. The van der Waals surface area contributed by atoms with Gasteiger partial charge in [-0.3, -0.25) is 0 Å². The van der Waals surface area contributed by atoms with Crippen molar-refractivity contribution in [2.75, 3.05) is 18.0 Å². The van der Waals surface area contributed by atoms with Gasteiger partial charge in [0.2, 0.25) is 5.65 Å². The van der Waals surface area contributed by atoms with Crippen molar-refractivity contribution in [3.05, 3.63) is 28.4 Å². The first-order valence-electron chi connectivity index (χ1n) is 5.50. The summed E-state index contributed by atoms with van der Waals surface area (Å²) >= 11 is 0. The first-order valence-corrected chi connectivity index (χ1v) is 5.50. The molecule has 0 spiro atoms. The van der Waals surface area contributed by atoms with E-state index in [1.54, 1.807) is 6.07 Å². The highest BCUT2D eigenvalue weighted by molar-refractivity contribution is 5.49. The minimum Gasteiger partial charge on any atom is -0.358 e. The molecule has 0 amide bonds. The second-order valence-electron chi connectivity index (χ2n) is 4.03. The minimum absolute atomic E-state index is 0.0963. The summed E-state index contributed by atoms with van der Waals surface area (Å²) in [5.74, 6) is 0.678. The SMILES string of the molecule is O=[N+]([O-])c1cnc2ccc(N3CCCC3)nn12. The Labute approximate surface area is 96.8 Å². The highest BCUT2D eigenvalue weighted by Gasteiger charge is 2.19. The number of rotatable bonds is 2. The lowest BCUT2D eigenvalue weighted by molar-refractivity contribution is -0.391. The van der Waals surface area contributed by atoms with Crippen LogP contribution in [0.5, 0.6) is 0 Å². The van der Waals surface area contributed by atoms with Crippen LogP contribution in [0.4, 0.5) is 11.6 Å². The molecule has 0 bridgehead atoms. The molecule has 1 aliphatic heterocycles. The maximum absolute atomic E-state index is 10.8. The van der Waals surface area contributed by atoms with Crippen molar-refractivity contribution in [2.24, 2.45) is 0 Å². The molecular weight excluding hydrogens is 222 g/mol. The molecule has 0 saturated carbocycles. The largest absolute Gasteiger partial charge is 0.368 e. The van der Waals surface area contributed by atoms with E-state index in [9.17, 15) is 10.1 Å². The van der Waals surface area contributed by atoms with Crippen molar-refractivity contribution in [3.63, 3.8) is 0 Å². The molecular formula is C10H11N5O2. The van der Waals surface area contributed by atoms with Gasteiger partial charge in [-0.2, -0.15) is 0 Å². The fourth-order valence-corrected chi connectivity index (χ4v) is 2.09. The monoisotopic (exact) mass is 233 g/mol. The Kier molecular flexibility index (Phi) is 2.17. The molecule has 3 rings (SSSR count). The van der Waals surface area contributed by atoms with Gasteiger partial charge in [0, 0.05) is 19.2 Å². The zero-order valence-corrected chi connectivity index (χ0v) is 9.11. The van der Waals surface area contributed by atoms with Crippen LogP contribution in [-0.4, -0.2) is 32.6 Å². The van der Waals surface area contributed by atoms with Gasteiger partial charge in [0.25, 0.3) is 0 Å². The predicted octanol–water partition coefficient (Wildman–Crippen LogP) is 1.24. The molecule has 3 heterocycles. The molecule has 17 heavy (non-hydrogen) atoms. The summed E-state index contributed by atoms with van der Waals surface area (Å²) in [5, 5.41) is 15.1. The van der Waals surface area contributed by atoms with E-state index in [0.29, 0.717) is 5.65 Å². The zero-order valence-electron chi connectivity index (χ0n) is 9.11. The fraction of sp³-hybridized carbons (Fsp3) is 0.400. The van der Waals surface area contributed by atoms with Gasteiger partial charge in [0.15, 0.2) is 5.82 Å². The van der Waals surface area contributed by atoms with Crippen molar-refractivity contribution in [3.8, 4) is 0 Å². The average molecular weight is 233 g/mol. The third-order valence-corrected chi connectivity index (χ3v) is 2.95. The van der Waals surface area contributed by atoms with Crippen molar-refractivity contribution in [2.45, 2.75) is 12.8 Å². The summed E-state index contributed by atoms with van der Waals surface area (Å²) in [6.45, 7) is 1.92. The van der Waals surface area contributed by atoms with E-state index < -0.39 is 4.92 Å². The van der Waals surface area contributed by atoms with E-state index in [0.717, 1.165) is 31.7 Å². The molecule has 0 aromatic carbocycles. The summed E-state index contributed by atoms with van der Waals surface area (Å²) in [7, 11) is 0. The molecule has 7 nitrogen and oxygen atoms in total. The number of hydrogen-bond acceptors (Lipinski definition) is 5. The van der Waals surface area contributed by atoms with Crippen molar-refractivity contribution in [1.82, 2.24) is 14.6 Å². The standard InChI is InChI=1S/C10H11N5O2/c16-15(17)10-7-11-8-3-4-9(12-14(8)10)13-5-1-2-6-13/h3-4,7H,1-2,5-6H2. The molecule has 1 saturated heterocycles. The molecule has 88 valence electrons. The van der Waals surface area contributed by atoms with Crippen LogP contribution in [0.25, 0.3) is 5.65 Å². The van der Waals surface area contributed by atoms with Crippen LogP contribution in [-0.2, 0) is 0 Å². The molecule has 2 aromatic heterocycles. The van der Waals surface area contributed by atoms with E-state index in [1.165, 1.54) is 10.7 Å². The lowest BCUT2D eigenvalue weighted by Gasteiger charge is -2.13. The van der Waals surface area contributed by atoms with Crippen LogP contribution < -0.4 is 4.90 Å². The topological polar surface area (TPSA) is 76.6 Å². The van der Waals surface area contributed by atoms with Gasteiger partial charge < -0.3 is 15.0 Å². The number of fused-ring (bicyclic) bond motifs is 1. The maximum Gasteiger partial charge on any atom is 0.368 e. The maximum atomic E-state index is 10.8. The molecule has 0 aliphatic carbocycles. The van der Waals surface area contributed by atoms with E-state index >= 15 is 0 Å². The Morgan fingerprint density at radius 2 is 2.06 bits per heavy atom. The highest BCUT2D eigenvalue weighted by Crippen LogP contribution is 2.20. The first kappa shape index (κ1) is 10.0. The average Bonchev–Trinajstić information content (AvgIpc) is 2.97. The van der Waals surface area contributed by atoms with E-state index in [-0.39, 0.29) is 5.82 Å². The van der Waals surface area contributed by atoms with E-state index in [2.05, 4.69) is 15.0 Å². The Bertz CT molecular complexity index is 573. The Morgan fingerprint density at radius 1 is 1.29 bits per heavy atom. The van der Waals surface area contributed by atoms with Crippen molar-refractivity contribution < 1.29 is 4.92 Å². The lowest BCUT2D eigenvalue weighted by Crippen LogP contribution is -2.20. The Morgan fingerprint density at radius 3 is 2.76 bits per heavy atom. The van der Waals surface area contributed by atoms with Gasteiger partial charge in [0.05, 0.1) is 0 Å². The summed E-state index contributed by atoms with van der Waals surface area (Å²) in [5.41, 5.74) is 0.500. The van der Waals surface area contributed by atoms with Gasteiger partial charge in [0.1, 0.15) is 6.20 Å². The number of anilines is 1. The first-order chi connectivity index (χ1) is 8.25. The van der Waals surface area contributed by atoms with Gasteiger partial charge in [-0.05, 0) is 23.8 Å². The van der Waals surface area contributed by atoms with E-state index in [1.807, 2.05) is 6.07 Å². The zero-order chi connectivity index (χ0) is 11.8. The normalized spacial score (nSPS) is 15.6. The lowest BCUT2D eigenvalue weighted by atomic mass is 10.4. The smallest absolute Gasteiger partial charge is 0.358 e. The van der Waals surface area contributed by atoms with Crippen LogP contribution in [0.2, 0.25) is 0 Å². The summed E-state index contributed by atoms with van der Waals surface area (Å²) in [6.07, 6.45) is 3.52. The van der Waals surface area contributed by atoms with Gasteiger partial charge in [-0.15, -0.1) is 0 Å². The molecule has 1 aliphatic rings. The third kappa shape index (κ3) is 1.59. The quantitative estimate of drug-likeness (QED) is 0.576. The number of nitrogens with zero attached hydrogens (tertiary/aromatic N) is 5. The fourth-order valence-electron chi connectivity index (χ4n) is 2.09. The molecule has 1 fully saturated rings. The van der Waals surface area contributed by atoms with Crippen LogP contribution >= 0.6 is 0 Å². The molecule has 0 N–H and O–H groups in total. The molecule has 0 radical (unpaired) electrons. The van der Waals surface area contributed by atoms with Gasteiger partial charge in [-0.1, -0.05) is 9.61 Å². The van der Waals surface area contributed by atoms with Gasteiger partial charge in [-0.25, -0.2) is 4.98 Å². The van der Waals surface area contributed by atoms with Gasteiger partial charge >= 0.3 is 5.82 Å². The molecule has 0 atom stereocenters. The summed E-state index contributed by atoms with van der Waals surface area (Å²) < 4.78 is 1.29. The van der Waals surface area contributed by atoms with Crippen LogP contribution in [0.3, 0.4) is 0 Å². The number of hydrogen-bond donors (Lipinski definition) is 0. The second-order valence-corrected chi connectivity index (χ2v) is 4.03. The summed E-state index contributed by atoms with van der Waals surface area (Å²) in [6, 6.07) is 3.62. The number of nitro groups is 1. The highest BCUT2D eigenvalue weighted by atomic mass is 16.6. The van der Waals surface area contributed by atoms with Crippen LogP contribution in [0.15, 0.2) is 18.3 Å². The second kappa shape index (κ2) is 3.69. The third-order valence-electron chi connectivity index (χ3n) is 2.95. The number of aromatic nitrogens is 3. The van der Waals surface area contributed by atoms with Crippen molar-refractivity contribution >= 4 is 17.3 Å². The molecule has 7 heteroatoms. The Hall–Kier alpha value is -2.18. The minimum atomic E-state index is -0.471. The number of imidazole rings is 1. The van der Waals surface area contributed by atoms with Crippen LogP contribution in [0, 0.1) is 10.1 Å². The molecule has 0 unspecified atom stereocenters. The van der Waals surface area contributed by atoms with E-state index in [4.69, 9.17) is 0 Å². The Balaban J connectivity index is 2.09. The van der Waals surface area contributed by atoms with Crippen LogP contribution in [0.1, 0.15) is 12.8 Å². The summed E-state index contributed by atoms with van der Waals surface area (Å²) in [4.78, 5) is 16.4.